The lowest BCUT2D eigenvalue weighted by atomic mass is 9.47. The van der Waals surface area contributed by atoms with Gasteiger partial charge in [0.25, 0.3) is 0 Å². The van der Waals surface area contributed by atoms with Gasteiger partial charge in [-0.1, -0.05) is 27.7 Å². The van der Waals surface area contributed by atoms with Gasteiger partial charge in [-0.25, -0.2) is 0 Å². The van der Waals surface area contributed by atoms with Gasteiger partial charge in [0.15, 0.2) is 0 Å². The maximum atomic E-state index is 9.19. The fourth-order valence-corrected chi connectivity index (χ4v) is 6.98. The fraction of sp³-hybridized carbons (Fsp3) is 0.938. The standard InChI is InChI=1S/C16H25NS/c1-10(2)11-7-13-15(3)5-6-16(13,4)14(18-9-17)12(11)8-15/h10-14H,5-8H2,1-4H3/t11-,12+,13+,14-,15-,16-/m0/s1. The first kappa shape index (κ1) is 12.9. The van der Waals surface area contributed by atoms with Crippen LogP contribution in [0.1, 0.15) is 53.4 Å². The topological polar surface area (TPSA) is 23.8 Å². The molecule has 4 aliphatic rings. The van der Waals surface area contributed by atoms with Crippen LogP contribution in [0.25, 0.3) is 0 Å². The molecular weight excluding hydrogens is 238 g/mol. The van der Waals surface area contributed by atoms with Gasteiger partial charge in [-0.05, 0) is 71.9 Å². The number of hydrogen-bond acceptors (Lipinski definition) is 2. The molecule has 4 fully saturated rings. The van der Waals surface area contributed by atoms with E-state index in [0.29, 0.717) is 16.1 Å². The van der Waals surface area contributed by atoms with Crippen LogP contribution < -0.4 is 0 Å². The van der Waals surface area contributed by atoms with Crippen LogP contribution in [0.2, 0.25) is 0 Å². The number of fused-ring (bicyclic) bond motifs is 1. The minimum Gasteiger partial charge on any atom is -0.185 e. The van der Waals surface area contributed by atoms with Gasteiger partial charge in [0.2, 0.25) is 0 Å². The number of thiocyanates is 1. The molecular formula is C16H25NS. The van der Waals surface area contributed by atoms with Crippen molar-refractivity contribution in [2.75, 3.05) is 0 Å². The summed E-state index contributed by atoms with van der Waals surface area (Å²) in [6, 6.07) is 0. The van der Waals surface area contributed by atoms with E-state index in [2.05, 4.69) is 33.1 Å². The highest BCUT2D eigenvalue weighted by Gasteiger charge is 2.66. The summed E-state index contributed by atoms with van der Waals surface area (Å²) in [5.41, 5.74) is 1.04. The zero-order chi connectivity index (χ0) is 13.1. The molecule has 0 N–H and O–H groups in total. The lowest BCUT2D eigenvalue weighted by Crippen LogP contribution is -2.57. The van der Waals surface area contributed by atoms with Gasteiger partial charge in [0.05, 0.1) is 0 Å². The molecule has 100 valence electrons. The third-order valence-corrected chi connectivity index (χ3v) is 7.95. The summed E-state index contributed by atoms with van der Waals surface area (Å²) in [6.07, 6.45) is 5.57. The highest BCUT2D eigenvalue weighted by atomic mass is 32.2. The van der Waals surface area contributed by atoms with Crippen LogP contribution in [0.3, 0.4) is 0 Å². The summed E-state index contributed by atoms with van der Waals surface area (Å²) < 4.78 is 0. The predicted octanol–water partition coefficient (Wildman–Crippen LogP) is 4.69. The van der Waals surface area contributed by atoms with E-state index in [1.807, 2.05) is 0 Å². The van der Waals surface area contributed by atoms with E-state index in [4.69, 9.17) is 0 Å². The molecule has 2 heteroatoms. The first-order valence-electron chi connectivity index (χ1n) is 7.47. The molecule has 0 aromatic heterocycles. The molecule has 4 bridgehead atoms. The minimum atomic E-state index is 0.448. The summed E-state index contributed by atoms with van der Waals surface area (Å²) in [4.78, 5) is 0. The molecule has 0 heterocycles. The van der Waals surface area contributed by atoms with E-state index in [0.717, 1.165) is 23.7 Å². The quantitative estimate of drug-likeness (QED) is 0.675. The summed E-state index contributed by atoms with van der Waals surface area (Å²) in [6.45, 7) is 9.78. The van der Waals surface area contributed by atoms with Crippen molar-refractivity contribution < 1.29 is 0 Å². The summed E-state index contributed by atoms with van der Waals surface area (Å²) in [5.74, 6) is 3.30. The summed E-state index contributed by atoms with van der Waals surface area (Å²) >= 11 is 1.60. The number of rotatable bonds is 2. The molecule has 0 radical (unpaired) electrons. The maximum Gasteiger partial charge on any atom is 0.133 e. The second kappa shape index (κ2) is 3.92. The second-order valence-corrected chi connectivity index (χ2v) is 8.78. The predicted molar refractivity (Wildman–Crippen MR) is 77.0 cm³/mol. The smallest absolute Gasteiger partial charge is 0.133 e. The van der Waals surface area contributed by atoms with Crippen LogP contribution in [0, 0.1) is 45.2 Å². The van der Waals surface area contributed by atoms with E-state index in [1.54, 1.807) is 11.8 Å². The Morgan fingerprint density at radius 2 is 2.00 bits per heavy atom. The van der Waals surface area contributed by atoms with Crippen LogP contribution >= 0.6 is 11.8 Å². The first-order chi connectivity index (χ1) is 8.42. The molecule has 6 atom stereocenters. The fourth-order valence-electron chi connectivity index (χ4n) is 5.84. The Morgan fingerprint density at radius 1 is 1.28 bits per heavy atom. The summed E-state index contributed by atoms with van der Waals surface area (Å²) in [5, 5.41) is 12.2. The molecule has 18 heavy (non-hydrogen) atoms. The maximum absolute atomic E-state index is 9.19. The Kier molecular flexibility index (Phi) is 2.80. The van der Waals surface area contributed by atoms with Gasteiger partial charge in [-0.15, -0.1) is 0 Å². The number of nitrogens with zero attached hydrogens (tertiary/aromatic N) is 1. The van der Waals surface area contributed by atoms with Crippen molar-refractivity contribution in [1.29, 1.82) is 5.26 Å². The second-order valence-electron chi connectivity index (χ2n) is 7.85. The highest BCUT2D eigenvalue weighted by molar-refractivity contribution is 8.04. The van der Waals surface area contributed by atoms with E-state index in [-0.39, 0.29) is 0 Å². The first-order valence-corrected chi connectivity index (χ1v) is 8.35. The minimum absolute atomic E-state index is 0.448. The molecule has 0 aliphatic heterocycles. The largest absolute Gasteiger partial charge is 0.185 e. The SMILES string of the molecule is CC(C)[C@@H]1C[C@@H]2[C@@]3(C)CC[C@]2(C)[C@@H](SC#N)[C@@H]1C3. The average molecular weight is 263 g/mol. The molecule has 0 aromatic rings. The molecule has 0 spiro atoms. The van der Waals surface area contributed by atoms with Crippen LogP contribution in [0.5, 0.6) is 0 Å². The van der Waals surface area contributed by atoms with Crippen molar-refractivity contribution in [2.24, 2.45) is 34.5 Å². The highest BCUT2D eigenvalue weighted by Crippen LogP contribution is 2.72. The van der Waals surface area contributed by atoms with Crippen molar-refractivity contribution >= 4 is 11.8 Å². The number of thioether (sulfide) groups is 1. The lowest BCUT2D eigenvalue weighted by molar-refractivity contribution is -0.0757. The van der Waals surface area contributed by atoms with Crippen LogP contribution in [-0.2, 0) is 0 Å². The van der Waals surface area contributed by atoms with Crippen LogP contribution in [0.4, 0.5) is 0 Å². The van der Waals surface area contributed by atoms with E-state index >= 15 is 0 Å². The Labute approximate surface area is 116 Å². The molecule has 0 saturated heterocycles. The van der Waals surface area contributed by atoms with Crippen molar-refractivity contribution in [3.05, 3.63) is 0 Å². The molecule has 0 amide bonds. The van der Waals surface area contributed by atoms with E-state index in [1.165, 1.54) is 25.7 Å². The normalized spacial score (nSPS) is 53.8. The monoisotopic (exact) mass is 263 g/mol. The third-order valence-electron chi connectivity index (χ3n) is 6.71. The van der Waals surface area contributed by atoms with Gasteiger partial charge in [0, 0.05) is 5.25 Å². The zero-order valence-electron chi connectivity index (χ0n) is 12.1. The van der Waals surface area contributed by atoms with Gasteiger partial charge in [-0.2, -0.15) is 5.26 Å². The Bertz CT molecular complexity index is 398. The molecule has 1 nitrogen and oxygen atoms in total. The van der Waals surface area contributed by atoms with Crippen molar-refractivity contribution in [1.82, 2.24) is 0 Å². The number of hydrogen-bond donors (Lipinski definition) is 0. The Balaban J connectivity index is 2.00. The molecule has 0 aromatic carbocycles. The van der Waals surface area contributed by atoms with Gasteiger partial charge in [0.1, 0.15) is 5.40 Å². The van der Waals surface area contributed by atoms with Gasteiger partial charge >= 0.3 is 0 Å². The number of nitriles is 1. The Hall–Kier alpha value is -0.160. The van der Waals surface area contributed by atoms with Crippen LogP contribution in [0.15, 0.2) is 0 Å². The van der Waals surface area contributed by atoms with Gasteiger partial charge < -0.3 is 0 Å². The molecule has 4 aliphatic carbocycles. The van der Waals surface area contributed by atoms with Crippen molar-refractivity contribution in [2.45, 2.75) is 58.6 Å². The van der Waals surface area contributed by atoms with Crippen molar-refractivity contribution in [3.8, 4) is 5.40 Å². The molecule has 0 unspecified atom stereocenters. The van der Waals surface area contributed by atoms with E-state index < -0.39 is 0 Å². The zero-order valence-corrected chi connectivity index (χ0v) is 12.9. The van der Waals surface area contributed by atoms with Crippen molar-refractivity contribution in [3.63, 3.8) is 0 Å². The average Bonchev–Trinajstić information content (AvgIpc) is 2.52. The lowest BCUT2D eigenvalue weighted by Gasteiger charge is -2.61. The van der Waals surface area contributed by atoms with Gasteiger partial charge in [-0.3, -0.25) is 0 Å². The molecule has 4 saturated carbocycles. The van der Waals surface area contributed by atoms with Crippen LogP contribution in [-0.4, -0.2) is 5.25 Å². The molecule has 4 rings (SSSR count). The summed E-state index contributed by atoms with van der Waals surface area (Å²) in [7, 11) is 0. The van der Waals surface area contributed by atoms with E-state index in [9.17, 15) is 5.26 Å². The Morgan fingerprint density at radius 3 is 2.61 bits per heavy atom. The third kappa shape index (κ3) is 1.46.